The van der Waals surface area contributed by atoms with Gasteiger partial charge in [-0.25, -0.2) is 0 Å². The number of anilines is 2. The van der Waals surface area contributed by atoms with Crippen LogP contribution in [0, 0.1) is 6.92 Å². The molecule has 0 fully saturated rings. The van der Waals surface area contributed by atoms with Crippen molar-refractivity contribution in [1.29, 1.82) is 0 Å². The summed E-state index contributed by atoms with van der Waals surface area (Å²) in [6.45, 7) is 3.54. The molecule has 7 heteroatoms. The molecule has 2 heterocycles. The Balaban J connectivity index is 1.73. The van der Waals surface area contributed by atoms with Gasteiger partial charge in [0.25, 0.3) is 0 Å². The summed E-state index contributed by atoms with van der Waals surface area (Å²) in [6.07, 6.45) is 3.13. The molecule has 2 aromatic rings. The molecule has 1 aliphatic heterocycles. The first kappa shape index (κ1) is 19.4. The van der Waals surface area contributed by atoms with Crippen LogP contribution in [0.1, 0.15) is 24.9 Å². The van der Waals surface area contributed by atoms with E-state index in [-0.39, 0.29) is 36.7 Å². The standard InChI is InChI=1S/C21H23N3O4/c1-14-12-19(25)22-17-6-4-5-7-18(17)24(14)21(27)13-23(3)20(26)11-10-16-9-8-15(2)28-16/h4-11,14H,12-13H2,1-3H3,(H,22,25). The highest BCUT2D eigenvalue weighted by Gasteiger charge is 2.30. The van der Waals surface area contributed by atoms with Crippen molar-refractivity contribution in [2.75, 3.05) is 23.8 Å². The molecule has 0 saturated carbocycles. The zero-order valence-corrected chi connectivity index (χ0v) is 16.1. The minimum atomic E-state index is -0.318. The van der Waals surface area contributed by atoms with E-state index in [4.69, 9.17) is 4.42 Å². The second-order valence-corrected chi connectivity index (χ2v) is 6.86. The molecular weight excluding hydrogens is 358 g/mol. The lowest BCUT2D eigenvalue weighted by molar-refractivity contribution is -0.130. The van der Waals surface area contributed by atoms with Gasteiger partial charge in [-0.2, -0.15) is 0 Å². The Morgan fingerprint density at radius 1 is 1.29 bits per heavy atom. The molecule has 0 spiro atoms. The highest BCUT2D eigenvalue weighted by Crippen LogP contribution is 2.31. The van der Waals surface area contributed by atoms with Crippen molar-refractivity contribution < 1.29 is 18.8 Å². The molecule has 146 valence electrons. The number of fused-ring (bicyclic) bond motifs is 1. The number of furan rings is 1. The van der Waals surface area contributed by atoms with Crippen molar-refractivity contribution in [3.63, 3.8) is 0 Å². The number of carbonyl (C=O) groups is 3. The van der Waals surface area contributed by atoms with Crippen LogP contribution in [-0.2, 0) is 14.4 Å². The normalized spacial score (nSPS) is 16.5. The second kappa shape index (κ2) is 8.12. The Morgan fingerprint density at radius 2 is 2.04 bits per heavy atom. The molecule has 1 N–H and O–H groups in total. The van der Waals surface area contributed by atoms with Crippen LogP contribution in [0.3, 0.4) is 0 Å². The van der Waals surface area contributed by atoms with Crippen LogP contribution in [0.25, 0.3) is 6.08 Å². The average Bonchev–Trinajstić information content (AvgIpc) is 3.00. The summed E-state index contributed by atoms with van der Waals surface area (Å²) < 4.78 is 5.40. The van der Waals surface area contributed by atoms with Crippen molar-refractivity contribution in [2.45, 2.75) is 26.3 Å². The van der Waals surface area contributed by atoms with Gasteiger partial charge < -0.3 is 19.5 Å². The molecule has 0 bridgehead atoms. The van der Waals surface area contributed by atoms with E-state index < -0.39 is 0 Å². The maximum Gasteiger partial charge on any atom is 0.246 e. The van der Waals surface area contributed by atoms with Gasteiger partial charge in [0.15, 0.2) is 0 Å². The smallest absolute Gasteiger partial charge is 0.246 e. The highest BCUT2D eigenvalue weighted by molar-refractivity contribution is 6.06. The Morgan fingerprint density at radius 3 is 2.75 bits per heavy atom. The third-order valence-electron chi connectivity index (χ3n) is 4.53. The minimum absolute atomic E-state index is 0.104. The van der Waals surface area contributed by atoms with Crippen LogP contribution in [0.15, 0.2) is 46.9 Å². The van der Waals surface area contributed by atoms with E-state index in [2.05, 4.69) is 5.32 Å². The van der Waals surface area contributed by atoms with E-state index in [1.54, 1.807) is 42.3 Å². The molecule has 1 aliphatic rings. The third kappa shape index (κ3) is 4.31. The lowest BCUT2D eigenvalue weighted by atomic mass is 10.1. The number of hydrogen-bond acceptors (Lipinski definition) is 4. The monoisotopic (exact) mass is 381 g/mol. The number of nitrogens with one attached hydrogen (secondary N) is 1. The summed E-state index contributed by atoms with van der Waals surface area (Å²) in [4.78, 5) is 40.3. The Bertz CT molecular complexity index is 931. The van der Waals surface area contributed by atoms with E-state index in [0.717, 1.165) is 5.76 Å². The van der Waals surface area contributed by atoms with Crippen molar-refractivity contribution in [1.82, 2.24) is 4.90 Å². The maximum atomic E-state index is 13.0. The SMILES string of the molecule is Cc1ccc(C=CC(=O)N(C)CC(=O)N2c3ccccc3NC(=O)CC2C)o1. The zero-order valence-electron chi connectivity index (χ0n) is 16.1. The molecule has 0 radical (unpaired) electrons. The fourth-order valence-corrected chi connectivity index (χ4v) is 3.15. The Kier molecular flexibility index (Phi) is 5.63. The lowest BCUT2D eigenvalue weighted by Crippen LogP contribution is -2.45. The van der Waals surface area contributed by atoms with Crippen molar-refractivity contribution >= 4 is 35.2 Å². The van der Waals surface area contributed by atoms with Crippen LogP contribution in [-0.4, -0.2) is 42.3 Å². The number of hydrogen-bond donors (Lipinski definition) is 1. The van der Waals surface area contributed by atoms with E-state index in [0.29, 0.717) is 17.1 Å². The quantitative estimate of drug-likeness (QED) is 0.826. The molecule has 0 aliphatic carbocycles. The Hall–Kier alpha value is -3.35. The number of benzene rings is 1. The number of carbonyl (C=O) groups excluding carboxylic acids is 3. The number of aryl methyl sites for hydroxylation is 1. The fourth-order valence-electron chi connectivity index (χ4n) is 3.15. The molecule has 28 heavy (non-hydrogen) atoms. The van der Waals surface area contributed by atoms with Gasteiger partial charge in [-0.3, -0.25) is 14.4 Å². The van der Waals surface area contributed by atoms with E-state index in [1.807, 2.05) is 26.0 Å². The highest BCUT2D eigenvalue weighted by atomic mass is 16.3. The molecule has 7 nitrogen and oxygen atoms in total. The van der Waals surface area contributed by atoms with Gasteiger partial charge in [-0.15, -0.1) is 0 Å². The zero-order chi connectivity index (χ0) is 20.3. The number of rotatable bonds is 4. The van der Waals surface area contributed by atoms with Crippen LogP contribution in [0.4, 0.5) is 11.4 Å². The number of para-hydroxylation sites is 2. The summed E-state index contributed by atoms with van der Waals surface area (Å²) in [5.74, 6) is 0.621. The largest absolute Gasteiger partial charge is 0.462 e. The van der Waals surface area contributed by atoms with Gasteiger partial charge in [0.1, 0.15) is 18.1 Å². The van der Waals surface area contributed by atoms with Gasteiger partial charge in [-0.05, 0) is 44.2 Å². The number of nitrogens with zero attached hydrogens (tertiary/aromatic N) is 2. The van der Waals surface area contributed by atoms with Gasteiger partial charge in [0.05, 0.1) is 11.4 Å². The van der Waals surface area contributed by atoms with Gasteiger partial charge in [-0.1, -0.05) is 12.1 Å². The first-order valence-corrected chi connectivity index (χ1v) is 9.05. The van der Waals surface area contributed by atoms with Crippen molar-refractivity contribution in [2.24, 2.45) is 0 Å². The first-order valence-electron chi connectivity index (χ1n) is 9.05. The molecular formula is C21H23N3O4. The van der Waals surface area contributed by atoms with Crippen LogP contribution in [0.5, 0.6) is 0 Å². The van der Waals surface area contributed by atoms with Crippen molar-refractivity contribution in [3.05, 3.63) is 54.0 Å². The van der Waals surface area contributed by atoms with E-state index in [1.165, 1.54) is 11.0 Å². The van der Waals surface area contributed by atoms with Crippen LogP contribution in [0.2, 0.25) is 0 Å². The summed E-state index contributed by atoms with van der Waals surface area (Å²) in [7, 11) is 1.57. The summed E-state index contributed by atoms with van der Waals surface area (Å²) in [6, 6.07) is 10.4. The minimum Gasteiger partial charge on any atom is -0.462 e. The predicted octanol–water partition coefficient (Wildman–Crippen LogP) is 2.82. The molecule has 0 saturated heterocycles. The predicted molar refractivity (Wildman–Crippen MR) is 107 cm³/mol. The topological polar surface area (TPSA) is 82.9 Å². The summed E-state index contributed by atoms with van der Waals surface area (Å²) >= 11 is 0. The summed E-state index contributed by atoms with van der Waals surface area (Å²) in [5.41, 5.74) is 1.22. The molecule has 1 atom stereocenters. The van der Waals surface area contributed by atoms with Gasteiger partial charge in [0, 0.05) is 25.6 Å². The van der Waals surface area contributed by atoms with Crippen molar-refractivity contribution in [3.8, 4) is 0 Å². The van der Waals surface area contributed by atoms with Gasteiger partial charge in [0.2, 0.25) is 17.7 Å². The average molecular weight is 381 g/mol. The third-order valence-corrected chi connectivity index (χ3v) is 4.53. The number of amides is 3. The molecule has 3 rings (SSSR count). The second-order valence-electron chi connectivity index (χ2n) is 6.86. The Labute approximate surface area is 163 Å². The van der Waals surface area contributed by atoms with Gasteiger partial charge >= 0.3 is 0 Å². The molecule has 1 unspecified atom stereocenters. The van der Waals surface area contributed by atoms with E-state index in [9.17, 15) is 14.4 Å². The van der Waals surface area contributed by atoms with E-state index >= 15 is 0 Å². The molecule has 3 amide bonds. The fraction of sp³-hybridized carbons (Fsp3) is 0.286. The maximum absolute atomic E-state index is 13.0. The van der Waals surface area contributed by atoms with Crippen LogP contribution < -0.4 is 10.2 Å². The molecule has 1 aromatic heterocycles. The van der Waals surface area contributed by atoms with Crippen LogP contribution >= 0.6 is 0 Å². The number of likely N-dealkylation sites (N-methyl/N-ethyl adjacent to an activating group) is 1. The first-order chi connectivity index (χ1) is 13.3. The molecule has 1 aromatic carbocycles. The summed E-state index contributed by atoms with van der Waals surface area (Å²) in [5, 5.41) is 2.82. The lowest BCUT2D eigenvalue weighted by Gasteiger charge is -2.29.